The minimum atomic E-state index is -0.213. The van der Waals surface area contributed by atoms with Crippen LogP contribution in [-0.2, 0) is 9.59 Å². The quantitative estimate of drug-likeness (QED) is 0.737. The molecule has 0 atom stereocenters. The van der Waals surface area contributed by atoms with E-state index in [0.717, 1.165) is 24.2 Å². The van der Waals surface area contributed by atoms with Crippen molar-refractivity contribution in [2.45, 2.75) is 27.7 Å². The zero-order chi connectivity index (χ0) is 21.6. The van der Waals surface area contributed by atoms with Crippen LogP contribution >= 0.6 is 0 Å². The van der Waals surface area contributed by atoms with Gasteiger partial charge in [-0.25, -0.2) is 0 Å². The Morgan fingerprint density at radius 3 is 2.07 bits per heavy atom. The number of benzene rings is 2. The SMILES string of the molecule is Cc1ccc(C2=C(N3CCN(c4cccc(C)c4C)CC3)C(=O)N(C)C2=O)cc1C. The summed E-state index contributed by atoms with van der Waals surface area (Å²) in [4.78, 5) is 31.7. The van der Waals surface area contributed by atoms with Gasteiger partial charge >= 0.3 is 0 Å². The summed E-state index contributed by atoms with van der Waals surface area (Å²) in [5.74, 6) is -0.413. The maximum Gasteiger partial charge on any atom is 0.277 e. The van der Waals surface area contributed by atoms with E-state index >= 15 is 0 Å². The second-order valence-electron chi connectivity index (χ2n) is 8.39. The molecule has 30 heavy (non-hydrogen) atoms. The summed E-state index contributed by atoms with van der Waals surface area (Å²) in [6.45, 7) is 11.4. The maximum absolute atomic E-state index is 13.0. The van der Waals surface area contributed by atoms with E-state index < -0.39 is 0 Å². The van der Waals surface area contributed by atoms with E-state index in [9.17, 15) is 9.59 Å². The molecular weight excluding hydrogens is 374 g/mol. The molecule has 1 saturated heterocycles. The topological polar surface area (TPSA) is 43.9 Å². The van der Waals surface area contributed by atoms with Crippen LogP contribution in [0.2, 0.25) is 0 Å². The highest BCUT2D eigenvalue weighted by atomic mass is 16.2. The first-order chi connectivity index (χ1) is 14.3. The molecule has 2 heterocycles. The van der Waals surface area contributed by atoms with Gasteiger partial charge in [-0.3, -0.25) is 14.5 Å². The number of hydrogen-bond acceptors (Lipinski definition) is 4. The fraction of sp³-hybridized carbons (Fsp3) is 0.360. The lowest BCUT2D eigenvalue weighted by Gasteiger charge is -2.38. The molecule has 5 heteroatoms. The van der Waals surface area contributed by atoms with Gasteiger partial charge in [0.15, 0.2) is 0 Å². The van der Waals surface area contributed by atoms with Crippen LogP contribution in [0.1, 0.15) is 27.8 Å². The molecule has 4 rings (SSSR count). The van der Waals surface area contributed by atoms with Crippen molar-refractivity contribution in [3.8, 4) is 0 Å². The lowest BCUT2D eigenvalue weighted by molar-refractivity contribution is -0.135. The van der Waals surface area contributed by atoms with E-state index in [-0.39, 0.29) is 11.8 Å². The van der Waals surface area contributed by atoms with Gasteiger partial charge in [0.05, 0.1) is 5.57 Å². The van der Waals surface area contributed by atoms with E-state index in [1.54, 1.807) is 7.05 Å². The number of aryl methyl sites for hydroxylation is 3. The number of carbonyl (C=O) groups is 2. The molecule has 0 unspecified atom stereocenters. The molecule has 2 aromatic rings. The highest BCUT2D eigenvalue weighted by Crippen LogP contribution is 2.33. The van der Waals surface area contributed by atoms with E-state index in [1.807, 2.05) is 25.1 Å². The summed E-state index contributed by atoms with van der Waals surface area (Å²) in [5, 5.41) is 0. The average Bonchev–Trinajstić information content (AvgIpc) is 2.96. The third-order valence-corrected chi connectivity index (χ3v) is 6.57. The summed E-state index contributed by atoms with van der Waals surface area (Å²) in [7, 11) is 1.57. The lowest BCUT2D eigenvalue weighted by atomic mass is 9.99. The maximum atomic E-state index is 13.0. The molecule has 2 amide bonds. The number of piperazine rings is 1. The largest absolute Gasteiger partial charge is 0.368 e. The first kappa shape index (κ1) is 20.2. The molecule has 0 spiro atoms. The van der Waals surface area contributed by atoms with Crippen LogP contribution < -0.4 is 4.90 Å². The van der Waals surface area contributed by atoms with E-state index in [0.29, 0.717) is 24.4 Å². The van der Waals surface area contributed by atoms with Crippen molar-refractivity contribution in [3.05, 3.63) is 69.9 Å². The first-order valence-electron chi connectivity index (χ1n) is 10.5. The van der Waals surface area contributed by atoms with E-state index in [2.05, 4.69) is 48.8 Å². The Hall–Kier alpha value is -3.08. The highest BCUT2D eigenvalue weighted by molar-refractivity contribution is 6.35. The number of likely N-dealkylation sites (N-methyl/N-ethyl adjacent to an activating group) is 1. The van der Waals surface area contributed by atoms with Crippen molar-refractivity contribution in [2.75, 3.05) is 38.1 Å². The standard InChI is InChI=1S/C25H29N3O2/c1-16-9-10-20(15-18(16)3)22-23(25(30)26(5)24(22)29)28-13-11-27(12-14-28)21-8-6-7-17(2)19(21)4/h6-10,15H,11-14H2,1-5H3. The molecule has 0 N–H and O–H groups in total. The number of amides is 2. The normalized spacial score (nSPS) is 17.4. The molecular formula is C25H29N3O2. The Bertz CT molecular complexity index is 1060. The highest BCUT2D eigenvalue weighted by Gasteiger charge is 2.40. The van der Waals surface area contributed by atoms with Crippen LogP contribution in [0.3, 0.4) is 0 Å². The fourth-order valence-electron chi connectivity index (χ4n) is 4.33. The summed E-state index contributed by atoms with van der Waals surface area (Å²) in [6, 6.07) is 12.4. The van der Waals surface area contributed by atoms with Gasteiger partial charge in [0.1, 0.15) is 5.70 Å². The predicted molar refractivity (Wildman–Crippen MR) is 120 cm³/mol. The lowest BCUT2D eigenvalue weighted by Crippen LogP contribution is -2.47. The van der Waals surface area contributed by atoms with Gasteiger partial charge in [0, 0.05) is 38.9 Å². The van der Waals surface area contributed by atoms with Gasteiger partial charge in [-0.15, -0.1) is 0 Å². The number of hydrogen-bond donors (Lipinski definition) is 0. The van der Waals surface area contributed by atoms with Crippen LogP contribution in [0.5, 0.6) is 0 Å². The Balaban J connectivity index is 1.65. The summed E-state index contributed by atoms with van der Waals surface area (Å²) in [5.41, 5.74) is 8.04. The monoisotopic (exact) mass is 403 g/mol. The van der Waals surface area contributed by atoms with Crippen LogP contribution in [0.4, 0.5) is 5.69 Å². The van der Waals surface area contributed by atoms with Crippen LogP contribution in [-0.4, -0.2) is 54.8 Å². The van der Waals surface area contributed by atoms with Crippen LogP contribution in [0, 0.1) is 27.7 Å². The molecule has 5 nitrogen and oxygen atoms in total. The van der Waals surface area contributed by atoms with Crippen LogP contribution in [0.25, 0.3) is 5.57 Å². The summed E-state index contributed by atoms with van der Waals surface area (Å²) < 4.78 is 0. The van der Waals surface area contributed by atoms with Crippen molar-refractivity contribution in [3.63, 3.8) is 0 Å². The fourth-order valence-corrected chi connectivity index (χ4v) is 4.33. The molecule has 0 radical (unpaired) electrons. The minimum absolute atomic E-state index is 0.201. The first-order valence-corrected chi connectivity index (χ1v) is 10.5. The zero-order valence-corrected chi connectivity index (χ0v) is 18.5. The van der Waals surface area contributed by atoms with Gasteiger partial charge in [-0.05, 0) is 61.6 Å². The van der Waals surface area contributed by atoms with E-state index in [1.165, 1.54) is 27.3 Å². The average molecular weight is 404 g/mol. The molecule has 0 aliphatic carbocycles. The number of anilines is 1. The van der Waals surface area contributed by atoms with Crippen LogP contribution in [0.15, 0.2) is 42.1 Å². The minimum Gasteiger partial charge on any atom is -0.368 e. The zero-order valence-electron chi connectivity index (χ0n) is 18.5. The van der Waals surface area contributed by atoms with Gasteiger partial charge in [0.2, 0.25) is 0 Å². The van der Waals surface area contributed by atoms with Gasteiger partial charge < -0.3 is 9.80 Å². The van der Waals surface area contributed by atoms with Crippen molar-refractivity contribution >= 4 is 23.1 Å². The van der Waals surface area contributed by atoms with Crippen molar-refractivity contribution in [1.29, 1.82) is 0 Å². The molecule has 1 fully saturated rings. The Labute approximate surface area is 178 Å². The number of nitrogens with zero attached hydrogens (tertiary/aromatic N) is 3. The molecule has 156 valence electrons. The molecule has 0 bridgehead atoms. The number of carbonyl (C=O) groups excluding carboxylic acids is 2. The Kier molecular flexibility index (Phi) is 5.14. The number of rotatable bonds is 3. The van der Waals surface area contributed by atoms with Gasteiger partial charge in [-0.2, -0.15) is 0 Å². The third-order valence-electron chi connectivity index (χ3n) is 6.57. The molecule has 2 aliphatic rings. The molecule has 0 saturated carbocycles. The van der Waals surface area contributed by atoms with Gasteiger partial charge in [0.25, 0.3) is 11.8 Å². The van der Waals surface area contributed by atoms with Crippen molar-refractivity contribution < 1.29 is 9.59 Å². The van der Waals surface area contributed by atoms with Crippen molar-refractivity contribution in [1.82, 2.24) is 9.80 Å². The van der Waals surface area contributed by atoms with Gasteiger partial charge in [-0.1, -0.05) is 30.3 Å². The molecule has 2 aromatic carbocycles. The van der Waals surface area contributed by atoms with Crippen molar-refractivity contribution in [2.24, 2.45) is 0 Å². The summed E-state index contributed by atoms with van der Waals surface area (Å²) >= 11 is 0. The Morgan fingerprint density at radius 1 is 0.733 bits per heavy atom. The third kappa shape index (κ3) is 3.28. The molecule has 0 aromatic heterocycles. The predicted octanol–water partition coefficient (Wildman–Crippen LogP) is 3.45. The number of imide groups is 1. The smallest absolute Gasteiger partial charge is 0.277 e. The molecule has 2 aliphatic heterocycles. The Morgan fingerprint density at radius 2 is 1.40 bits per heavy atom. The second kappa shape index (κ2) is 7.63. The van der Waals surface area contributed by atoms with E-state index in [4.69, 9.17) is 0 Å². The second-order valence-corrected chi connectivity index (χ2v) is 8.39. The summed E-state index contributed by atoms with van der Waals surface area (Å²) in [6.07, 6.45) is 0.